The predicted octanol–water partition coefficient (Wildman–Crippen LogP) is 6.15. The van der Waals surface area contributed by atoms with Crippen LogP contribution in [0.5, 0.6) is 5.75 Å². The van der Waals surface area contributed by atoms with Gasteiger partial charge in [-0.1, -0.05) is 30.3 Å². The van der Waals surface area contributed by atoms with E-state index in [1.807, 2.05) is 12.1 Å². The Bertz CT molecular complexity index is 1100. The molecule has 0 spiro atoms. The molecule has 1 amide bonds. The Labute approximate surface area is 192 Å². The van der Waals surface area contributed by atoms with Crippen LogP contribution in [-0.2, 0) is 10.2 Å². The van der Waals surface area contributed by atoms with Gasteiger partial charge in [0, 0.05) is 17.3 Å². The minimum absolute atomic E-state index is 0.227. The molecule has 2 aromatic carbocycles. The van der Waals surface area contributed by atoms with Gasteiger partial charge in [0.05, 0.1) is 12.8 Å². The lowest BCUT2D eigenvalue weighted by Crippen LogP contribution is -2.48. The molecule has 1 heterocycles. The summed E-state index contributed by atoms with van der Waals surface area (Å²) in [5, 5.41) is 2.06. The average molecular weight is 446 g/mol. The van der Waals surface area contributed by atoms with Crippen molar-refractivity contribution in [2.24, 2.45) is 17.8 Å². The smallest absolute Gasteiger partial charge is 0.291 e. The van der Waals surface area contributed by atoms with Crippen LogP contribution in [0.25, 0.3) is 17.2 Å². The Morgan fingerprint density at radius 1 is 0.938 bits per heavy atom. The second-order valence-electron chi connectivity index (χ2n) is 10.1. The van der Waals surface area contributed by atoms with Gasteiger partial charge in [0.25, 0.3) is 5.24 Å². The summed E-state index contributed by atoms with van der Waals surface area (Å²) in [4.78, 5) is 23.2. The Morgan fingerprint density at radius 3 is 2.12 bits per heavy atom. The highest BCUT2D eigenvalue weighted by atomic mass is 32.2. The maximum absolute atomic E-state index is 11.8. The van der Waals surface area contributed by atoms with Crippen LogP contribution in [0.2, 0.25) is 0 Å². The molecular weight excluding hydrogens is 418 g/mol. The summed E-state index contributed by atoms with van der Waals surface area (Å²) in [7, 11) is 1.79. The van der Waals surface area contributed by atoms with Gasteiger partial charge in [-0.15, -0.1) is 0 Å². The van der Waals surface area contributed by atoms with Crippen LogP contribution >= 0.6 is 11.8 Å². The van der Waals surface area contributed by atoms with E-state index in [1.165, 1.54) is 49.7 Å². The fourth-order valence-corrected chi connectivity index (χ4v) is 7.65. The maximum Gasteiger partial charge on any atom is 0.291 e. The number of rotatable bonds is 4. The van der Waals surface area contributed by atoms with Gasteiger partial charge in [-0.05, 0) is 96.6 Å². The first kappa shape index (κ1) is 20.1. The number of hydrogen-bond acceptors (Lipinski definition) is 4. The zero-order chi connectivity index (χ0) is 21.9. The topological polar surface area (TPSA) is 55.4 Å². The molecular formula is C27H27NO3S. The molecule has 5 heteroatoms. The van der Waals surface area contributed by atoms with Crippen molar-refractivity contribution in [1.29, 1.82) is 0 Å². The number of carbonyl (C=O) groups excluding carboxylic acids is 2. The van der Waals surface area contributed by atoms with E-state index in [0.29, 0.717) is 17.5 Å². The van der Waals surface area contributed by atoms with Crippen LogP contribution in [0.4, 0.5) is 4.79 Å². The summed E-state index contributed by atoms with van der Waals surface area (Å²) >= 11 is 0.707. The Balaban J connectivity index is 1.33. The lowest BCUT2D eigenvalue weighted by atomic mass is 9.48. The van der Waals surface area contributed by atoms with Gasteiger partial charge in [0.2, 0.25) is 5.12 Å². The molecule has 5 fully saturated rings. The second-order valence-corrected chi connectivity index (χ2v) is 11.0. The molecule has 0 aromatic heterocycles. The molecule has 5 aliphatic rings. The lowest BCUT2D eigenvalue weighted by molar-refractivity contribution is -0.107. The number of thioether (sulfide) groups is 1. The van der Waals surface area contributed by atoms with E-state index in [1.54, 1.807) is 13.2 Å². The molecule has 4 nitrogen and oxygen atoms in total. The van der Waals surface area contributed by atoms with Crippen molar-refractivity contribution >= 4 is 28.2 Å². The summed E-state index contributed by atoms with van der Waals surface area (Å²) in [5.41, 5.74) is 5.28. The molecule has 164 valence electrons. The van der Waals surface area contributed by atoms with Gasteiger partial charge in [0.1, 0.15) is 5.75 Å². The molecule has 0 atom stereocenters. The number of nitrogens with one attached hydrogen (secondary N) is 1. The number of hydrogen-bond donors (Lipinski definition) is 1. The van der Waals surface area contributed by atoms with Crippen LogP contribution in [-0.4, -0.2) is 17.5 Å². The standard InChI is InChI=1S/C27H27NO3S/c1-31-24-7-6-21(12-22(24)27-13-17-8-18(14-27)10-19(9-17)15-27)20-4-2-16(3-5-20)11-23-25(29)32-26(30)28-23/h2-7,11-12,17-19H,8-10,13-15H2,1H3,(H,28,30). The largest absolute Gasteiger partial charge is 0.496 e. The molecule has 4 saturated carbocycles. The van der Waals surface area contributed by atoms with E-state index in [4.69, 9.17) is 4.74 Å². The third kappa shape index (κ3) is 3.38. The maximum atomic E-state index is 11.8. The molecule has 1 saturated heterocycles. The Kier molecular flexibility index (Phi) is 4.72. The first-order valence-corrected chi connectivity index (χ1v) is 12.4. The van der Waals surface area contributed by atoms with Crippen molar-refractivity contribution in [3.8, 4) is 16.9 Å². The van der Waals surface area contributed by atoms with Crippen LogP contribution < -0.4 is 10.1 Å². The summed E-state index contributed by atoms with van der Waals surface area (Å²) < 4.78 is 5.86. The molecule has 2 aromatic rings. The van der Waals surface area contributed by atoms with E-state index in [0.717, 1.165) is 34.6 Å². The molecule has 32 heavy (non-hydrogen) atoms. The van der Waals surface area contributed by atoms with Crippen LogP contribution in [0.15, 0.2) is 48.2 Å². The summed E-state index contributed by atoms with van der Waals surface area (Å²) in [6, 6.07) is 14.8. The summed E-state index contributed by atoms with van der Waals surface area (Å²) in [6.45, 7) is 0. The molecule has 7 rings (SSSR count). The van der Waals surface area contributed by atoms with Gasteiger partial charge < -0.3 is 10.1 Å². The van der Waals surface area contributed by atoms with E-state index < -0.39 is 0 Å². The molecule has 0 unspecified atom stereocenters. The summed E-state index contributed by atoms with van der Waals surface area (Å²) in [6.07, 6.45) is 9.95. The van der Waals surface area contributed by atoms with Gasteiger partial charge in [0.15, 0.2) is 0 Å². The van der Waals surface area contributed by atoms with Gasteiger partial charge in [-0.25, -0.2) is 0 Å². The Hall–Kier alpha value is -2.53. The van der Waals surface area contributed by atoms with Crippen molar-refractivity contribution in [3.63, 3.8) is 0 Å². The van der Waals surface area contributed by atoms with Gasteiger partial charge >= 0.3 is 0 Å². The second kappa shape index (κ2) is 7.51. The van der Waals surface area contributed by atoms with E-state index in [9.17, 15) is 9.59 Å². The van der Waals surface area contributed by atoms with E-state index >= 15 is 0 Å². The minimum atomic E-state index is -0.312. The zero-order valence-electron chi connectivity index (χ0n) is 18.2. The van der Waals surface area contributed by atoms with Crippen LogP contribution in [0.1, 0.15) is 49.7 Å². The first-order valence-electron chi connectivity index (χ1n) is 11.6. The molecule has 4 bridgehead atoms. The van der Waals surface area contributed by atoms with Crippen LogP contribution in [0.3, 0.4) is 0 Å². The zero-order valence-corrected chi connectivity index (χ0v) is 19.0. The highest BCUT2D eigenvalue weighted by Gasteiger charge is 2.52. The van der Waals surface area contributed by atoms with Crippen molar-refractivity contribution in [2.75, 3.05) is 7.11 Å². The van der Waals surface area contributed by atoms with Crippen molar-refractivity contribution in [2.45, 2.75) is 43.9 Å². The number of methoxy groups -OCH3 is 1. The highest BCUT2D eigenvalue weighted by molar-refractivity contribution is 8.27. The fraction of sp³-hybridized carbons (Fsp3) is 0.407. The monoisotopic (exact) mass is 445 g/mol. The van der Waals surface area contributed by atoms with Gasteiger partial charge in [-0.3, -0.25) is 9.59 Å². The Morgan fingerprint density at radius 2 is 1.56 bits per heavy atom. The SMILES string of the molecule is COc1ccc(-c2ccc(C=C3NC(=O)SC3=O)cc2)cc1C12CC3CC(CC(C3)C1)C2. The minimum Gasteiger partial charge on any atom is -0.496 e. The number of carbonyl (C=O) groups is 2. The highest BCUT2D eigenvalue weighted by Crippen LogP contribution is 2.62. The molecule has 1 aliphatic heterocycles. The van der Waals surface area contributed by atoms with Crippen LogP contribution in [0, 0.1) is 17.8 Å². The predicted molar refractivity (Wildman–Crippen MR) is 127 cm³/mol. The normalized spacial score (nSPS) is 31.9. The van der Waals surface area contributed by atoms with E-state index in [-0.39, 0.29) is 15.8 Å². The third-order valence-electron chi connectivity index (χ3n) is 8.01. The average Bonchev–Trinajstić information content (AvgIpc) is 3.09. The van der Waals surface area contributed by atoms with Crippen molar-refractivity contribution in [1.82, 2.24) is 5.32 Å². The van der Waals surface area contributed by atoms with Crippen molar-refractivity contribution in [3.05, 3.63) is 59.3 Å². The molecule has 0 radical (unpaired) electrons. The number of ether oxygens (including phenoxy) is 1. The number of benzene rings is 2. The third-order valence-corrected chi connectivity index (χ3v) is 8.70. The fourth-order valence-electron chi connectivity index (χ4n) is 7.10. The lowest BCUT2D eigenvalue weighted by Gasteiger charge is -2.57. The van der Waals surface area contributed by atoms with Gasteiger partial charge in [-0.2, -0.15) is 0 Å². The first-order chi connectivity index (χ1) is 15.5. The van der Waals surface area contributed by atoms with Crippen molar-refractivity contribution < 1.29 is 14.3 Å². The quantitative estimate of drug-likeness (QED) is 0.573. The number of amides is 1. The van der Waals surface area contributed by atoms with E-state index in [2.05, 4.69) is 35.6 Å². The molecule has 4 aliphatic carbocycles. The summed E-state index contributed by atoms with van der Waals surface area (Å²) in [5.74, 6) is 3.70. The molecule has 1 N–H and O–H groups in total.